The van der Waals surface area contributed by atoms with E-state index in [0.29, 0.717) is 11.2 Å². The third kappa shape index (κ3) is 4.07. The Morgan fingerprint density at radius 2 is 1.84 bits per heavy atom. The zero-order chi connectivity index (χ0) is 22.9. The number of nitrogens with one attached hydrogen (secondary N) is 2. The van der Waals surface area contributed by atoms with Crippen molar-refractivity contribution >= 4 is 23.1 Å². The van der Waals surface area contributed by atoms with Gasteiger partial charge in [0.2, 0.25) is 0 Å². The van der Waals surface area contributed by atoms with Gasteiger partial charge >= 0.3 is 12.2 Å². The van der Waals surface area contributed by atoms with Crippen LogP contribution in [0.15, 0.2) is 43.2 Å². The summed E-state index contributed by atoms with van der Waals surface area (Å²) in [5.41, 5.74) is 0.0191. The molecule has 32 heavy (non-hydrogen) atoms. The number of pyridine rings is 1. The van der Waals surface area contributed by atoms with Gasteiger partial charge in [-0.25, -0.2) is 19.3 Å². The molecule has 0 aromatic carbocycles. The molecule has 0 aliphatic heterocycles. The topological polar surface area (TPSA) is 124 Å². The summed E-state index contributed by atoms with van der Waals surface area (Å²) in [6.07, 6.45) is 2.89. The molecular formula is C18H16F3N9O2. The molecule has 2 N–H and O–H groups in total. The quantitative estimate of drug-likeness (QED) is 0.482. The molecule has 4 heterocycles. The van der Waals surface area contributed by atoms with Gasteiger partial charge in [-0.05, 0) is 13.0 Å². The molecule has 0 saturated carbocycles. The Labute approximate surface area is 178 Å². The molecule has 14 heteroatoms. The van der Waals surface area contributed by atoms with Crippen LogP contribution < -0.4 is 10.6 Å². The van der Waals surface area contributed by atoms with E-state index in [1.165, 1.54) is 30.2 Å². The molecule has 11 nitrogen and oxygen atoms in total. The summed E-state index contributed by atoms with van der Waals surface area (Å²) in [5, 5.41) is 16.4. The Hall–Kier alpha value is -4.07. The number of urea groups is 1. The number of methoxy groups -OCH3 is 1. The van der Waals surface area contributed by atoms with Gasteiger partial charge in [0.05, 0.1) is 47.8 Å². The van der Waals surface area contributed by atoms with E-state index >= 15 is 0 Å². The number of aromatic nitrogens is 7. The number of nitrogens with zero attached hydrogens (tertiary/aromatic N) is 7. The van der Waals surface area contributed by atoms with Crippen LogP contribution in [0.2, 0.25) is 0 Å². The van der Waals surface area contributed by atoms with Gasteiger partial charge in [-0.15, -0.1) is 4.80 Å². The maximum Gasteiger partial charge on any atom is 0.420 e. The van der Waals surface area contributed by atoms with Gasteiger partial charge in [0.15, 0.2) is 11.5 Å². The van der Waals surface area contributed by atoms with Gasteiger partial charge in [0.25, 0.3) is 0 Å². The summed E-state index contributed by atoms with van der Waals surface area (Å²) in [4.78, 5) is 21.3. The number of anilines is 2. The van der Waals surface area contributed by atoms with Crippen molar-refractivity contribution in [3.63, 3.8) is 0 Å². The second-order valence-corrected chi connectivity index (χ2v) is 6.54. The number of rotatable bonds is 5. The van der Waals surface area contributed by atoms with Crippen molar-refractivity contribution in [2.24, 2.45) is 0 Å². The van der Waals surface area contributed by atoms with E-state index in [1.54, 1.807) is 19.3 Å². The number of imidazole rings is 1. The van der Waals surface area contributed by atoms with Crippen LogP contribution in [0.3, 0.4) is 0 Å². The first-order valence-corrected chi connectivity index (χ1v) is 9.15. The van der Waals surface area contributed by atoms with Crippen LogP contribution in [0, 0.1) is 0 Å². The minimum Gasteiger partial charge on any atom is -0.377 e. The van der Waals surface area contributed by atoms with Crippen molar-refractivity contribution in [1.29, 1.82) is 0 Å². The van der Waals surface area contributed by atoms with E-state index in [-0.39, 0.29) is 11.4 Å². The van der Waals surface area contributed by atoms with Gasteiger partial charge in [-0.2, -0.15) is 28.5 Å². The molecule has 0 spiro atoms. The summed E-state index contributed by atoms with van der Waals surface area (Å²) < 4.78 is 47.5. The monoisotopic (exact) mass is 447 g/mol. The largest absolute Gasteiger partial charge is 0.420 e. The first-order chi connectivity index (χ1) is 15.3. The average Bonchev–Trinajstić information content (AvgIpc) is 3.44. The molecule has 0 aliphatic rings. The number of alkyl halides is 3. The minimum absolute atomic E-state index is 0.179. The lowest BCUT2D eigenvalue weighted by atomic mass is 10.1. The van der Waals surface area contributed by atoms with Crippen LogP contribution in [0.25, 0.3) is 11.5 Å². The molecule has 4 aromatic rings. The van der Waals surface area contributed by atoms with Crippen molar-refractivity contribution in [3.05, 3.63) is 54.4 Å². The van der Waals surface area contributed by atoms with E-state index in [9.17, 15) is 18.0 Å². The maximum absolute atomic E-state index is 13.5. The Bertz CT molecular complexity index is 1250. The lowest BCUT2D eigenvalue weighted by Crippen LogP contribution is -2.22. The van der Waals surface area contributed by atoms with Gasteiger partial charge in [-0.1, -0.05) is 0 Å². The molecule has 1 unspecified atom stereocenters. The van der Waals surface area contributed by atoms with E-state index in [0.717, 1.165) is 17.1 Å². The second kappa shape index (κ2) is 8.22. The molecule has 4 rings (SSSR count). The van der Waals surface area contributed by atoms with Crippen molar-refractivity contribution in [2.45, 2.75) is 19.2 Å². The van der Waals surface area contributed by atoms with Crippen LogP contribution >= 0.6 is 0 Å². The number of carbonyl (C=O) groups excluding carboxylic acids is 1. The smallest absolute Gasteiger partial charge is 0.377 e. The highest BCUT2D eigenvalue weighted by Gasteiger charge is 2.36. The second-order valence-electron chi connectivity index (χ2n) is 6.54. The standard InChI is InChI=1S/C18H16F3N9O2/c1-10(32-2)14-13(9-26-29-6-5-22-16(14)29)28-17(31)27-11-7-12(18(19,20)21)15(23-8-11)30-24-3-4-25-30/h3-10H,1-2H3,(H2,27,28,31). The summed E-state index contributed by atoms with van der Waals surface area (Å²) in [6, 6.07) is -0.0489. The Kier molecular flexibility index (Phi) is 5.44. The molecule has 0 aliphatic carbocycles. The zero-order valence-electron chi connectivity index (χ0n) is 16.7. The van der Waals surface area contributed by atoms with Crippen LogP contribution in [0.5, 0.6) is 0 Å². The van der Waals surface area contributed by atoms with Crippen molar-refractivity contribution in [2.75, 3.05) is 17.7 Å². The fourth-order valence-corrected chi connectivity index (χ4v) is 3.01. The summed E-state index contributed by atoms with van der Waals surface area (Å²) in [5.74, 6) is -0.515. The van der Waals surface area contributed by atoms with Gasteiger partial charge in [-0.3, -0.25) is 0 Å². The predicted molar refractivity (Wildman–Crippen MR) is 105 cm³/mol. The lowest BCUT2D eigenvalue weighted by Gasteiger charge is -2.17. The van der Waals surface area contributed by atoms with Gasteiger partial charge in [0, 0.05) is 19.5 Å². The maximum atomic E-state index is 13.5. The van der Waals surface area contributed by atoms with E-state index in [4.69, 9.17) is 4.74 Å². The molecule has 1 atom stereocenters. The summed E-state index contributed by atoms with van der Waals surface area (Å²) in [7, 11) is 1.49. The number of halogens is 3. The van der Waals surface area contributed by atoms with Crippen molar-refractivity contribution in [1.82, 2.24) is 34.6 Å². The minimum atomic E-state index is -4.75. The Balaban J connectivity index is 1.61. The number of carbonyl (C=O) groups is 1. The average molecular weight is 447 g/mol. The third-order valence-electron chi connectivity index (χ3n) is 4.51. The Morgan fingerprint density at radius 3 is 2.53 bits per heavy atom. The fourth-order valence-electron chi connectivity index (χ4n) is 3.01. The zero-order valence-corrected chi connectivity index (χ0v) is 16.7. The van der Waals surface area contributed by atoms with Crippen LogP contribution in [0.4, 0.5) is 29.3 Å². The highest BCUT2D eigenvalue weighted by molar-refractivity contribution is 6.00. The Morgan fingerprint density at radius 1 is 1.09 bits per heavy atom. The van der Waals surface area contributed by atoms with Crippen LogP contribution in [-0.2, 0) is 10.9 Å². The molecule has 0 saturated heterocycles. The highest BCUT2D eigenvalue weighted by atomic mass is 19.4. The molecule has 0 radical (unpaired) electrons. The molecule has 166 valence electrons. The summed E-state index contributed by atoms with van der Waals surface area (Å²) in [6.45, 7) is 1.76. The molecular weight excluding hydrogens is 431 g/mol. The van der Waals surface area contributed by atoms with Crippen molar-refractivity contribution in [3.8, 4) is 5.82 Å². The molecule has 0 fully saturated rings. The normalized spacial score (nSPS) is 12.7. The lowest BCUT2D eigenvalue weighted by molar-refractivity contribution is -0.137. The predicted octanol–water partition coefficient (Wildman–Crippen LogP) is 3.08. The fraction of sp³-hybridized carbons (Fsp3) is 0.222. The number of hydrogen-bond acceptors (Lipinski definition) is 7. The number of fused-ring (bicyclic) bond motifs is 1. The first kappa shape index (κ1) is 21.2. The number of hydrogen-bond donors (Lipinski definition) is 2. The molecule has 0 bridgehead atoms. The van der Waals surface area contributed by atoms with Gasteiger partial charge < -0.3 is 15.4 Å². The molecule has 2 amide bonds. The van der Waals surface area contributed by atoms with Gasteiger partial charge in [0.1, 0.15) is 5.56 Å². The number of amides is 2. The van der Waals surface area contributed by atoms with E-state index in [1.807, 2.05) is 0 Å². The van der Waals surface area contributed by atoms with Crippen molar-refractivity contribution < 1.29 is 22.7 Å². The highest BCUT2D eigenvalue weighted by Crippen LogP contribution is 2.34. The third-order valence-corrected chi connectivity index (χ3v) is 4.51. The SMILES string of the molecule is COC(C)c1c(NC(=O)Nc2cnc(-n3nccn3)c(C(F)(F)F)c2)cnn2ccnc12. The number of ether oxygens (including phenoxy) is 1. The van der Waals surface area contributed by atoms with Crippen LogP contribution in [0.1, 0.15) is 24.2 Å². The molecule has 4 aromatic heterocycles. The van der Waals surface area contributed by atoms with E-state index in [2.05, 4.69) is 35.9 Å². The van der Waals surface area contributed by atoms with E-state index < -0.39 is 29.7 Å². The first-order valence-electron chi connectivity index (χ1n) is 9.15. The van der Waals surface area contributed by atoms with Crippen LogP contribution in [-0.4, -0.2) is 47.7 Å². The summed E-state index contributed by atoms with van der Waals surface area (Å²) >= 11 is 0.